The average molecular weight is 322 g/mol. The number of hydrogen-bond donors (Lipinski definition) is 2. The number of rotatable bonds is 1. The number of benzene rings is 1. The molecule has 2 heterocycles. The van der Waals surface area contributed by atoms with Gasteiger partial charge in [-0.1, -0.05) is 44.2 Å². The van der Waals surface area contributed by atoms with Crippen molar-refractivity contribution in [1.82, 2.24) is 10.2 Å². The van der Waals surface area contributed by atoms with Gasteiger partial charge < -0.3 is 5.73 Å². The van der Waals surface area contributed by atoms with Crippen molar-refractivity contribution in [2.24, 2.45) is 22.1 Å². The number of fused-ring (bicyclic) bond motifs is 2. The van der Waals surface area contributed by atoms with E-state index in [9.17, 15) is 4.79 Å². The zero-order valence-corrected chi connectivity index (χ0v) is 14.3. The van der Waals surface area contributed by atoms with Gasteiger partial charge in [0.15, 0.2) is 5.82 Å². The fraction of sp³-hybridized carbons (Fsp3) is 0.421. The lowest BCUT2D eigenvalue weighted by atomic mass is 9.60. The third-order valence-electron chi connectivity index (χ3n) is 5.27. The van der Waals surface area contributed by atoms with Crippen LogP contribution in [0.25, 0.3) is 0 Å². The van der Waals surface area contributed by atoms with Crippen molar-refractivity contribution in [3.63, 3.8) is 0 Å². The first-order chi connectivity index (χ1) is 11.3. The molecule has 2 aliphatic rings. The molecule has 2 aromatic rings. The average Bonchev–Trinajstić information content (AvgIpc) is 2.88. The van der Waals surface area contributed by atoms with Crippen molar-refractivity contribution >= 4 is 17.3 Å². The van der Waals surface area contributed by atoms with Gasteiger partial charge in [0.25, 0.3) is 0 Å². The summed E-state index contributed by atoms with van der Waals surface area (Å²) in [6.45, 7) is 6.15. The van der Waals surface area contributed by atoms with Crippen LogP contribution >= 0.6 is 0 Å². The van der Waals surface area contributed by atoms with Crippen LogP contribution < -0.4 is 5.73 Å². The molecule has 3 N–H and O–H groups in total. The first-order valence-corrected chi connectivity index (χ1v) is 8.33. The van der Waals surface area contributed by atoms with Crippen LogP contribution in [0.3, 0.4) is 0 Å². The summed E-state index contributed by atoms with van der Waals surface area (Å²) in [4.78, 5) is 17.8. The minimum atomic E-state index is -0.918. The SMILES string of the molecule is Cc1[nH]nc2c1C(N)(c1ccccc1)C1C(=O)CC(C)(C)CC1=N2. The highest BCUT2D eigenvalue weighted by Gasteiger charge is 2.54. The van der Waals surface area contributed by atoms with E-state index in [1.165, 1.54) is 0 Å². The van der Waals surface area contributed by atoms with Crippen molar-refractivity contribution in [2.45, 2.75) is 39.2 Å². The van der Waals surface area contributed by atoms with E-state index in [2.05, 4.69) is 24.0 Å². The summed E-state index contributed by atoms with van der Waals surface area (Å²) >= 11 is 0. The zero-order chi connectivity index (χ0) is 17.1. The van der Waals surface area contributed by atoms with Gasteiger partial charge in [-0.15, -0.1) is 0 Å². The number of carbonyl (C=O) groups is 1. The lowest BCUT2D eigenvalue weighted by molar-refractivity contribution is -0.125. The molecule has 4 rings (SSSR count). The van der Waals surface area contributed by atoms with E-state index in [-0.39, 0.29) is 11.2 Å². The van der Waals surface area contributed by atoms with E-state index in [1.54, 1.807) is 0 Å². The predicted molar refractivity (Wildman–Crippen MR) is 93.3 cm³/mol. The summed E-state index contributed by atoms with van der Waals surface area (Å²) in [6, 6.07) is 9.86. The first kappa shape index (κ1) is 15.3. The Balaban J connectivity index is 2.00. The van der Waals surface area contributed by atoms with Gasteiger partial charge in [0, 0.05) is 23.4 Å². The minimum Gasteiger partial charge on any atom is -0.317 e. The topological polar surface area (TPSA) is 84.1 Å². The number of nitrogens with one attached hydrogen (secondary N) is 1. The van der Waals surface area contributed by atoms with E-state index in [4.69, 9.17) is 10.7 Å². The van der Waals surface area contributed by atoms with Crippen molar-refractivity contribution in [1.29, 1.82) is 0 Å². The Morgan fingerprint density at radius 2 is 1.92 bits per heavy atom. The van der Waals surface area contributed by atoms with Crippen LogP contribution in [0.5, 0.6) is 0 Å². The molecule has 1 aromatic carbocycles. The quantitative estimate of drug-likeness (QED) is 0.846. The number of aliphatic imine (C=N–C) groups is 1. The Hall–Kier alpha value is -2.27. The fourth-order valence-electron chi connectivity index (χ4n) is 4.33. The summed E-state index contributed by atoms with van der Waals surface area (Å²) in [5.74, 6) is 0.370. The van der Waals surface area contributed by atoms with E-state index in [0.717, 1.165) is 29.0 Å². The summed E-state index contributed by atoms with van der Waals surface area (Å²) in [6.07, 6.45) is 1.29. The van der Waals surface area contributed by atoms with Crippen LogP contribution in [0, 0.1) is 18.3 Å². The number of aryl methyl sites for hydroxylation is 1. The molecule has 1 aliphatic heterocycles. The smallest absolute Gasteiger partial charge is 0.179 e. The van der Waals surface area contributed by atoms with Crippen LogP contribution in [-0.2, 0) is 10.3 Å². The van der Waals surface area contributed by atoms with Crippen molar-refractivity contribution in [2.75, 3.05) is 0 Å². The van der Waals surface area contributed by atoms with Gasteiger partial charge >= 0.3 is 0 Å². The number of aromatic amines is 1. The Bertz CT molecular complexity index is 850. The van der Waals surface area contributed by atoms with Crippen LogP contribution in [0.4, 0.5) is 5.82 Å². The summed E-state index contributed by atoms with van der Waals surface area (Å²) < 4.78 is 0. The second-order valence-electron chi connectivity index (χ2n) is 7.80. The van der Waals surface area contributed by atoms with E-state index < -0.39 is 11.5 Å². The Morgan fingerprint density at radius 3 is 2.62 bits per heavy atom. The van der Waals surface area contributed by atoms with Crippen LogP contribution in [0.2, 0.25) is 0 Å². The monoisotopic (exact) mass is 322 g/mol. The highest BCUT2D eigenvalue weighted by Crippen LogP contribution is 2.50. The largest absolute Gasteiger partial charge is 0.317 e. The van der Waals surface area contributed by atoms with Crippen LogP contribution in [0.1, 0.15) is 43.5 Å². The number of carbonyl (C=O) groups excluding carboxylic acids is 1. The van der Waals surface area contributed by atoms with Crippen LogP contribution in [-0.4, -0.2) is 21.7 Å². The number of Topliss-reactive ketones (excluding diaryl/α,β-unsaturated/α-hetero) is 1. The molecule has 124 valence electrons. The van der Waals surface area contributed by atoms with E-state index >= 15 is 0 Å². The Labute approximate surface area is 141 Å². The lowest BCUT2D eigenvalue weighted by Crippen LogP contribution is -2.56. The highest BCUT2D eigenvalue weighted by atomic mass is 16.1. The summed E-state index contributed by atoms with van der Waals surface area (Å²) in [5, 5.41) is 7.34. The molecule has 2 atom stereocenters. The van der Waals surface area contributed by atoms with Gasteiger partial charge in [0.1, 0.15) is 5.78 Å². The Morgan fingerprint density at radius 1 is 1.21 bits per heavy atom. The van der Waals surface area contributed by atoms with Gasteiger partial charge in [-0.3, -0.25) is 9.89 Å². The van der Waals surface area contributed by atoms with Gasteiger partial charge in [0.05, 0.1) is 11.5 Å². The normalized spacial score (nSPS) is 28.1. The van der Waals surface area contributed by atoms with Gasteiger partial charge in [0.2, 0.25) is 0 Å². The third kappa shape index (κ3) is 2.01. The van der Waals surface area contributed by atoms with Crippen molar-refractivity contribution in [3.05, 3.63) is 47.2 Å². The maximum atomic E-state index is 13.1. The molecule has 5 heteroatoms. The van der Waals surface area contributed by atoms with E-state index in [1.807, 2.05) is 37.3 Å². The Kier molecular flexibility index (Phi) is 3.09. The van der Waals surface area contributed by atoms with Gasteiger partial charge in [-0.05, 0) is 24.3 Å². The zero-order valence-electron chi connectivity index (χ0n) is 14.3. The third-order valence-corrected chi connectivity index (χ3v) is 5.27. The van der Waals surface area contributed by atoms with Crippen molar-refractivity contribution in [3.8, 4) is 0 Å². The molecule has 1 saturated carbocycles. The number of H-pyrrole nitrogens is 1. The number of nitrogens with two attached hydrogens (primary N) is 1. The molecule has 0 radical (unpaired) electrons. The molecule has 1 aliphatic carbocycles. The molecule has 1 fully saturated rings. The summed E-state index contributed by atoms with van der Waals surface area (Å²) in [5.41, 5.74) is 9.51. The second-order valence-corrected chi connectivity index (χ2v) is 7.80. The molecule has 0 saturated heterocycles. The molecule has 2 unspecified atom stereocenters. The molecule has 0 spiro atoms. The maximum absolute atomic E-state index is 13.1. The minimum absolute atomic E-state index is 0.0904. The van der Waals surface area contributed by atoms with E-state index in [0.29, 0.717) is 12.2 Å². The van der Waals surface area contributed by atoms with Gasteiger partial charge in [-0.2, -0.15) is 5.10 Å². The number of nitrogens with zero attached hydrogens (tertiary/aromatic N) is 2. The number of hydrogen-bond acceptors (Lipinski definition) is 4. The summed E-state index contributed by atoms with van der Waals surface area (Å²) in [7, 11) is 0. The first-order valence-electron chi connectivity index (χ1n) is 8.33. The van der Waals surface area contributed by atoms with Crippen molar-refractivity contribution < 1.29 is 4.79 Å². The highest BCUT2D eigenvalue weighted by molar-refractivity contribution is 6.11. The fourth-order valence-corrected chi connectivity index (χ4v) is 4.33. The standard InChI is InChI=1S/C19H22N4O/c1-11-15-17(23-22-11)21-13-9-18(2,3)10-14(24)16(13)19(15,20)12-7-5-4-6-8-12/h4-8,16H,9-10,20H2,1-3H3,(H,22,23). The van der Waals surface area contributed by atoms with Gasteiger partial charge in [-0.25, -0.2) is 4.99 Å². The lowest BCUT2D eigenvalue weighted by Gasteiger charge is -2.45. The molecule has 0 amide bonds. The predicted octanol–water partition coefficient (Wildman–Crippen LogP) is 3.01. The molecule has 5 nitrogen and oxygen atoms in total. The number of ketones is 1. The molecule has 1 aromatic heterocycles. The maximum Gasteiger partial charge on any atom is 0.179 e. The molecular weight excluding hydrogens is 300 g/mol. The number of aromatic nitrogens is 2. The second kappa shape index (κ2) is 4.86. The van der Waals surface area contributed by atoms with Crippen LogP contribution in [0.15, 0.2) is 35.3 Å². The molecule has 24 heavy (non-hydrogen) atoms. The molecule has 0 bridgehead atoms. The molecular formula is C19H22N4O.